The van der Waals surface area contributed by atoms with E-state index in [0.29, 0.717) is 18.0 Å². The fraction of sp³-hybridized carbons (Fsp3) is 0.435. The number of nitrogens with zero attached hydrogens (tertiary/aromatic N) is 1. The molecule has 0 aliphatic carbocycles. The van der Waals surface area contributed by atoms with Crippen molar-refractivity contribution in [2.24, 2.45) is 7.05 Å². The lowest BCUT2D eigenvalue weighted by atomic mass is 10.1. The highest BCUT2D eigenvalue weighted by molar-refractivity contribution is 5.90. The normalized spacial score (nSPS) is 11.8. The van der Waals surface area contributed by atoms with Crippen LogP contribution in [0.15, 0.2) is 46.3 Å². The standard InChI is InChI=1S/C23H32N2O3/c1-15(2)8-7-9-17(5)12-13-27-21-19-11-10-18(24)14-20(19)25(6)23(26)22(21)28-16(3)4/h8,10-12,14,16H,7,9,13,24H2,1-6H3. The van der Waals surface area contributed by atoms with E-state index >= 15 is 0 Å². The predicted molar refractivity (Wildman–Crippen MR) is 117 cm³/mol. The van der Waals surface area contributed by atoms with Gasteiger partial charge in [-0.15, -0.1) is 0 Å². The summed E-state index contributed by atoms with van der Waals surface area (Å²) in [6, 6.07) is 5.46. The third-order valence-corrected chi connectivity index (χ3v) is 4.44. The van der Waals surface area contributed by atoms with Gasteiger partial charge >= 0.3 is 0 Å². The Bertz CT molecular complexity index is 948. The van der Waals surface area contributed by atoms with Crippen molar-refractivity contribution in [3.8, 4) is 11.5 Å². The highest BCUT2D eigenvalue weighted by Gasteiger charge is 2.19. The summed E-state index contributed by atoms with van der Waals surface area (Å²) in [7, 11) is 1.72. The maximum Gasteiger partial charge on any atom is 0.297 e. The molecule has 0 bridgehead atoms. The molecule has 0 fully saturated rings. The monoisotopic (exact) mass is 384 g/mol. The number of rotatable bonds is 8. The number of hydrogen-bond donors (Lipinski definition) is 1. The first-order chi connectivity index (χ1) is 13.2. The first kappa shape index (κ1) is 21.6. The summed E-state index contributed by atoms with van der Waals surface area (Å²) in [4.78, 5) is 12.8. The van der Waals surface area contributed by atoms with Gasteiger partial charge < -0.3 is 19.8 Å². The smallest absolute Gasteiger partial charge is 0.297 e. The summed E-state index contributed by atoms with van der Waals surface area (Å²) < 4.78 is 13.4. The highest BCUT2D eigenvalue weighted by atomic mass is 16.5. The maximum atomic E-state index is 12.8. The molecule has 5 nitrogen and oxygen atoms in total. The number of fused-ring (bicyclic) bond motifs is 1. The van der Waals surface area contributed by atoms with Gasteiger partial charge in [0.15, 0.2) is 5.75 Å². The molecule has 0 saturated carbocycles. The Kier molecular flexibility index (Phi) is 7.32. The second kappa shape index (κ2) is 9.49. The first-order valence-electron chi connectivity index (χ1n) is 9.71. The van der Waals surface area contributed by atoms with Crippen LogP contribution < -0.4 is 20.8 Å². The van der Waals surface area contributed by atoms with Crippen molar-refractivity contribution in [3.63, 3.8) is 0 Å². The molecule has 1 aromatic carbocycles. The fourth-order valence-corrected chi connectivity index (χ4v) is 2.94. The number of ether oxygens (including phenoxy) is 2. The fourth-order valence-electron chi connectivity index (χ4n) is 2.94. The van der Waals surface area contributed by atoms with Crippen LogP contribution in [0.25, 0.3) is 10.9 Å². The SMILES string of the molecule is CC(C)=CCCC(C)=CCOc1c(OC(C)C)c(=O)n(C)c2cc(N)ccc12. The van der Waals surface area contributed by atoms with Crippen LogP contribution in [0.5, 0.6) is 11.5 Å². The van der Waals surface area contributed by atoms with E-state index in [2.05, 4.69) is 32.9 Å². The molecule has 2 aromatic rings. The van der Waals surface area contributed by atoms with Crippen molar-refractivity contribution < 1.29 is 9.47 Å². The van der Waals surface area contributed by atoms with E-state index in [0.717, 1.165) is 23.7 Å². The number of nitrogen functional groups attached to an aromatic ring is 1. The van der Waals surface area contributed by atoms with Gasteiger partial charge in [0.2, 0.25) is 5.75 Å². The Labute approximate surface area is 167 Å². The van der Waals surface area contributed by atoms with Crippen molar-refractivity contribution in [1.29, 1.82) is 0 Å². The van der Waals surface area contributed by atoms with Gasteiger partial charge in [0, 0.05) is 18.1 Å². The summed E-state index contributed by atoms with van der Waals surface area (Å²) in [5.74, 6) is 0.713. The molecule has 0 amide bonds. The zero-order chi connectivity index (χ0) is 20.8. The Balaban J connectivity index is 2.37. The van der Waals surface area contributed by atoms with Crippen LogP contribution in [0.4, 0.5) is 5.69 Å². The lowest BCUT2D eigenvalue weighted by Gasteiger charge is -2.18. The number of allylic oxidation sites excluding steroid dienone is 3. The largest absolute Gasteiger partial charge is 0.485 e. The number of aryl methyl sites for hydroxylation is 1. The van der Waals surface area contributed by atoms with E-state index in [9.17, 15) is 4.79 Å². The number of benzene rings is 1. The van der Waals surface area contributed by atoms with Crippen molar-refractivity contribution in [3.05, 3.63) is 51.9 Å². The van der Waals surface area contributed by atoms with Crippen LogP contribution >= 0.6 is 0 Å². The molecule has 28 heavy (non-hydrogen) atoms. The number of aromatic nitrogens is 1. The molecule has 5 heteroatoms. The van der Waals surface area contributed by atoms with Gasteiger partial charge in [-0.2, -0.15) is 0 Å². The first-order valence-corrected chi connectivity index (χ1v) is 9.71. The minimum absolute atomic E-state index is 0.136. The third kappa shape index (κ3) is 5.41. The lowest BCUT2D eigenvalue weighted by molar-refractivity contribution is 0.222. The number of pyridine rings is 1. The van der Waals surface area contributed by atoms with Gasteiger partial charge in [-0.05, 0) is 71.7 Å². The zero-order valence-electron chi connectivity index (χ0n) is 17.8. The summed E-state index contributed by atoms with van der Waals surface area (Å²) >= 11 is 0. The van der Waals surface area contributed by atoms with E-state index in [1.54, 1.807) is 23.7 Å². The van der Waals surface area contributed by atoms with E-state index in [4.69, 9.17) is 15.2 Å². The summed E-state index contributed by atoms with van der Waals surface area (Å²) in [5.41, 5.74) is 9.58. The van der Waals surface area contributed by atoms with Gasteiger partial charge in [0.1, 0.15) is 6.61 Å². The molecular weight excluding hydrogens is 352 g/mol. The molecule has 2 rings (SSSR count). The minimum atomic E-state index is -0.231. The van der Waals surface area contributed by atoms with Crippen LogP contribution in [0.1, 0.15) is 47.5 Å². The second-order valence-corrected chi connectivity index (χ2v) is 7.65. The molecule has 0 radical (unpaired) electrons. The second-order valence-electron chi connectivity index (χ2n) is 7.65. The van der Waals surface area contributed by atoms with Crippen molar-refractivity contribution in [1.82, 2.24) is 4.57 Å². The molecular formula is C23H32N2O3. The van der Waals surface area contributed by atoms with Crippen molar-refractivity contribution in [2.75, 3.05) is 12.3 Å². The van der Waals surface area contributed by atoms with Crippen LogP contribution in [0, 0.1) is 0 Å². The molecule has 152 valence electrons. The molecule has 0 atom stereocenters. The summed E-state index contributed by atoms with van der Waals surface area (Å²) in [5, 5.41) is 0.808. The number of hydrogen-bond acceptors (Lipinski definition) is 4. The van der Waals surface area contributed by atoms with Crippen LogP contribution in [0.3, 0.4) is 0 Å². The number of anilines is 1. The van der Waals surface area contributed by atoms with E-state index in [1.807, 2.05) is 19.9 Å². The van der Waals surface area contributed by atoms with Crippen LogP contribution in [0.2, 0.25) is 0 Å². The third-order valence-electron chi connectivity index (χ3n) is 4.44. The molecule has 0 unspecified atom stereocenters. The van der Waals surface area contributed by atoms with Crippen LogP contribution in [-0.2, 0) is 7.05 Å². The van der Waals surface area contributed by atoms with Gasteiger partial charge in [0.25, 0.3) is 5.56 Å². The topological polar surface area (TPSA) is 66.5 Å². The van der Waals surface area contributed by atoms with Gasteiger partial charge in [-0.3, -0.25) is 4.79 Å². The maximum absolute atomic E-state index is 12.8. The van der Waals surface area contributed by atoms with Crippen molar-refractivity contribution in [2.45, 2.75) is 53.6 Å². The van der Waals surface area contributed by atoms with Gasteiger partial charge in [-0.1, -0.05) is 17.2 Å². The lowest BCUT2D eigenvalue weighted by Crippen LogP contribution is -2.23. The quantitative estimate of drug-likeness (QED) is 0.515. The predicted octanol–water partition coefficient (Wildman–Crippen LogP) is 4.98. The van der Waals surface area contributed by atoms with E-state index in [-0.39, 0.29) is 17.4 Å². The molecule has 0 aliphatic rings. The Morgan fingerprint density at radius 3 is 2.54 bits per heavy atom. The Hall–Kier alpha value is -2.69. The Morgan fingerprint density at radius 2 is 1.89 bits per heavy atom. The van der Waals surface area contributed by atoms with E-state index in [1.165, 1.54) is 11.1 Å². The van der Waals surface area contributed by atoms with Crippen molar-refractivity contribution >= 4 is 16.6 Å². The van der Waals surface area contributed by atoms with E-state index < -0.39 is 0 Å². The summed E-state index contributed by atoms with van der Waals surface area (Å²) in [6.45, 7) is 10.5. The highest BCUT2D eigenvalue weighted by Crippen LogP contribution is 2.34. The molecule has 0 saturated heterocycles. The average Bonchev–Trinajstić information content (AvgIpc) is 2.61. The van der Waals surface area contributed by atoms with Crippen LogP contribution in [-0.4, -0.2) is 17.3 Å². The molecule has 1 aromatic heterocycles. The summed E-state index contributed by atoms with van der Waals surface area (Å²) in [6.07, 6.45) is 6.14. The minimum Gasteiger partial charge on any atom is -0.485 e. The molecule has 2 N–H and O–H groups in total. The molecule has 1 heterocycles. The molecule has 0 spiro atoms. The van der Waals surface area contributed by atoms with Gasteiger partial charge in [0.05, 0.1) is 11.6 Å². The van der Waals surface area contributed by atoms with Gasteiger partial charge in [-0.25, -0.2) is 0 Å². The average molecular weight is 385 g/mol. The molecule has 0 aliphatic heterocycles. The Morgan fingerprint density at radius 1 is 1.18 bits per heavy atom. The number of nitrogens with two attached hydrogens (primary N) is 1. The zero-order valence-corrected chi connectivity index (χ0v) is 17.8.